The summed E-state index contributed by atoms with van der Waals surface area (Å²) < 4.78 is 42.8. The predicted molar refractivity (Wildman–Crippen MR) is 81.0 cm³/mol. The number of aryl methyl sites for hydroxylation is 1. The number of benzene rings is 1. The van der Waals surface area contributed by atoms with Gasteiger partial charge in [-0.2, -0.15) is 5.10 Å². The van der Waals surface area contributed by atoms with Gasteiger partial charge in [-0.05, 0) is 25.3 Å². The molecule has 1 aliphatic carbocycles. The molecule has 1 aliphatic rings. The number of nitrogens with zero attached hydrogens (tertiary/aromatic N) is 2. The lowest BCUT2D eigenvalue weighted by molar-refractivity contribution is 0.497. The number of halogens is 1. The van der Waals surface area contributed by atoms with Gasteiger partial charge in [-0.25, -0.2) is 17.5 Å². The Morgan fingerprint density at radius 2 is 2.18 bits per heavy atom. The van der Waals surface area contributed by atoms with Gasteiger partial charge in [-0.3, -0.25) is 4.68 Å². The lowest BCUT2D eigenvalue weighted by Gasteiger charge is -2.23. The fourth-order valence-corrected chi connectivity index (χ4v) is 4.31. The van der Waals surface area contributed by atoms with Crippen molar-refractivity contribution >= 4 is 10.0 Å². The molecule has 0 radical (unpaired) electrons. The molecule has 1 aromatic heterocycles. The molecular formula is C15H18FN3O2S. The van der Waals surface area contributed by atoms with Gasteiger partial charge in [0.25, 0.3) is 0 Å². The number of hydrogen-bond donors (Lipinski definition) is 1. The van der Waals surface area contributed by atoms with Crippen molar-refractivity contribution in [1.82, 2.24) is 14.5 Å². The highest BCUT2D eigenvalue weighted by Gasteiger charge is 2.27. The largest absolute Gasteiger partial charge is 0.272 e. The first kappa shape index (κ1) is 15.2. The van der Waals surface area contributed by atoms with Crippen molar-refractivity contribution < 1.29 is 12.8 Å². The molecule has 0 saturated heterocycles. The van der Waals surface area contributed by atoms with E-state index in [9.17, 15) is 12.8 Å². The summed E-state index contributed by atoms with van der Waals surface area (Å²) in [5.41, 5.74) is 2.16. The fraction of sp³-hybridized carbons (Fsp3) is 0.400. The minimum atomic E-state index is -3.62. The maximum atomic E-state index is 13.6. The van der Waals surface area contributed by atoms with Gasteiger partial charge in [0.05, 0.1) is 18.0 Å². The van der Waals surface area contributed by atoms with E-state index in [-0.39, 0.29) is 17.4 Å². The SMILES string of the molecule is Cn1ncc2c1CCCC2NS(=O)(=O)Cc1ccccc1F. The average molecular weight is 323 g/mol. The zero-order valence-electron chi connectivity index (χ0n) is 12.3. The monoisotopic (exact) mass is 323 g/mol. The first-order chi connectivity index (χ1) is 10.5. The Bertz CT molecular complexity index is 786. The van der Waals surface area contributed by atoms with Crippen molar-refractivity contribution in [2.24, 2.45) is 7.05 Å². The van der Waals surface area contributed by atoms with E-state index in [0.29, 0.717) is 0 Å². The number of aromatic nitrogens is 2. The minimum Gasteiger partial charge on any atom is -0.272 e. The number of rotatable bonds is 4. The van der Waals surface area contributed by atoms with Crippen molar-refractivity contribution in [3.05, 3.63) is 53.1 Å². The van der Waals surface area contributed by atoms with Crippen LogP contribution in [0.3, 0.4) is 0 Å². The third-order valence-corrected chi connectivity index (χ3v) is 5.34. The summed E-state index contributed by atoms with van der Waals surface area (Å²) in [6.45, 7) is 0. The lowest BCUT2D eigenvalue weighted by Crippen LogP contribution is -2.32. The van der Waals surface area contributed by atoms with E-state index in [4.69, 9.17) is 0 Å². The zero-order chi connectivity index (χ0) is 15.7. The smallest absolute Gasteiger partial charge is 0.216 e. The van der Waals surface area contributed by atoms with Gasteiger partial charge in [-0.1, -0.05) is 18.2 Å². The van der Waals surface area contributed by atoms with Crippen LogP contribution < -0.4 is 4.72 Å². The van der Waals surface area contributed by atoms with Crippen molar-refractivity contribution in [3.8, 4) is 0 Å². The molecule has 0 aliphatic heterocycles. The van der Waals surface area contributed by atoms with Gasteiger partial charge < -0.3 is 0 Å². The summed E-state index contributed by atoms with van der Waals surface area (Å²) in [6.07, 6.45) is 4.25. The molecule has 3 rings (SSSR count). The number of hydrogen-bond acceptors (Lipinski definition) is 3. The second-order valence-electron chi connectivity index (χ2n) is 5.58. The molecule has 5 nitrogen and oxygen atoms in total. The Kier molecular flexibility index (Phi) is 4.01. The summed E-state index contributed by atoms with van der Waals surface area (Å²) in [5.74, 6) is -0.857. The van der Waals surface area contributed by atoms with Crippen LogP contribution >= 0.6 is 0 Å². The minimum absolute atomic E-state index is 0.178. The highest BCUT2D eigenvalue weighted by Crippen LogP contribution is 2.30. The van der Waals surface area contributed by atoms with Crippen molar-refractivity contribution in [3.63, 3.8) is 0 Å². The van der Waals surface area contributed by atoms with E-state index in [1.165, 1.54) is 12.1 Å². The molecule has 2 aromatic rings. The van der Waals surface area contributed by atoms with Gasteiger partial charge in [-0.15, -0.1) is 0 Å². The molecule has 118 valence electrons. The molecule has 0 saturated carbocycles. The van der Waals surface area contributed by atoms with Crippen molar-refractivity contribution in [2.45, 2.75) is 31.1 Å². The van der Waals surface area contributed by atoms with Crippen LogP contribution in [0.25, 0.3) is 0 Å². The topological polar surface area (TPSA) is 64.0 Å². The Morgan fingerprint density at radius 1 is 1.41 bits per heavy atom. The predicted octanol–water partition coefficient (Wildman–Crippen LogP) is 2.06. The normalized spacial score (nSPS) is 18.2. The summed E-state index contributed by atoms with van der Waals surface area (Å²) in [6, 6.07) is 5.65. The molecular weight excluding hydrogens is 305 g/mol. The molecule has 1 N–H and O–H groups in total. The van der Waals surface area contributed by atoms with E-state index in [1.807, 2.05) is 7.05 Å². The van der Waals surface area contributed by atoms with E-state index in [0.717, 1.165) is 30.5 Å². The highest BCUT2D eigenvalue weighted by atomic mass is 32.2. The van der Waals surface area contributed by atoms with Gasteiger partial charge in [0.2, 0.25) is 10.0 Å². The molecule has 1 unspecified atom stereocenters. The Hall–Kier alpha value is -1.73. The number of sulfonamides is 1. The first-order valence-corrected chi connectivity index (χ1v) is 8.86. The second kappa shape index (κ2) is 5.81. The molecule has 0 bridgehead atoms. The van der Waals surface area contributed by atoms with Gasteiger partial charge in [0.15, 0.2) is 0 Å². The molecule has 0 spiro atoms. The molecule has 1 aromatic carbocycles. The van der Waals surface area contributed by atoms with Crippen LogP contribution in [-0.4, -0.2) is 18.2 Å². The van der Waals surface area contributed by atoms with Crippen LogP contribution in [0.1, 0.15) is 35.7 Å². The Morgan fingerprint density at radius 3 is 2.95 bits per heavy atom. The van der Waals surface area contributed by atoms with Gasteiger partial charge >= 0.3 is 0 Å². The maximum Gasteiger partial charge on any atom is 0.216 e. The van der Waals surface area contributed by atoms with Crippen LogP contribution in [0.4, 0.5) is 4.39 Å². The quantitative estimate of drug-likeness (QED) is 0.937. The third-order valence-electron chi connectivity index (χ3n) is 4.00. The summed E-state index contributed by atoms with van der Waals surface area (Å²) >= 11 is 0. The molecule has 0 fully saturated rings. The number of nitrogens with one attached hydrogen (secondary N) is 1. The van der Waals surface area contributed by atoms with Crippen LogP contribution in [-0.2, 0) is 29.2 Å². The van der Waals surface area contributed by atoms with E-state index < -0.39 is 15.8 Å². The van der Waals surface area contributed by atoms with E-state index in [2.05, 4.69) is 9.82 Å². The summed E-state index contributed by atoms with van der Waals surface area (Å²) in [4.78, 5) is 0. The van der Waals surface area contributed by atoms with E-state index >= 15 is 0 Å². The van der Waals surface area contributed by atoms with Crippen LogP contribution in [0.5, 0.6) is 0 Å². The summed E-state index contributed by atoms with van der Waals surface area (Å²) in [7, 11) is -1.76. The van der Waals surface area contributed by atoms with Gasteiger partial charge in [0.1, 0.15) is 5.82 Å². The molecule has 22 heavy (non-hydrogen) atoms. The zero-order valence-corrected chi connectivity index (χ0v) is 13.1. The highest BCUT2D eigenvalue weighted by molar-refractivity contribution is 7.88. The fourth-order valence-electron chi connectivity index (χ4n) is 2.91. The average Bonchev–Trinajstić information content (AvgIpc) is 2.84. The second-order valence-corrected chi connectivity index (χ2v) is 7.34. The Labute approximate surface area is 129 Å². The van der Waals surface area contributed by atoms with Gasteiger partial charge in [0, 0.05) is 23.9 Å². The van der Waals surface area contributed by atoms with Crippen molar-refractivity contribution in [2.75, 3.05) is 0 Å². The third kappa shape index (κ3) is 3.05. The number of fused-ring (bicyclic) bond motifs is 1. The lowest BCUT2D eigenvalue weighted by atomic mass is 9.94. The standard InChI is InChI=1S/C15H18FN3O2S/c1-19-15-8-4-7-14(12(15)9-17-19)18-22(20,21)10-11-5-2-3-6-13(11)16/h2-3,5-6,9,14,18H,4,7-8,10H2,1H3. The molecule has 0 amide bonds. The first-order valence-electron chi connectivity index (χ1n) is 7.20. The van der Waals surface area contributed by atoms with Crippen LogP contribution in [0.2, 0.25) is 0 Å². The molecule has 1 heterocycles. The van der Waals surface area contributed by atoms with Crippen molar-refractivity contribution in [1.29, 1.82) is 0 Å². The molecule has 1 atom stereocenters. The van der Waals surface area contributed by atoms with E-state index in [1.54, 1.807) is 23.0 Å². The summed E-state index contributed by atoms with van der Waals surface area (Å²) in [5, 5.41) is 4.20. The Balaban J connectivity index is 1.80. The molecule has 7 heteroatoms. The maximum absolute atomic E-state index is 13.6. The van der Waals surface area contributed by atoms with Crippen LogP contribution in [0.15, 0.2) is 30.5 Å². The van der Waals surface area contributed by atoms with Crippen LogP contribution in [0, 0.1) is 5.82 Å².